The Labute approximate surface area is 186 Å². The fourth-order valence-corrected chi connectivity index (χ4v) is 3.36. The van der Waals surface area contributed by atoms with Crippen LogP contribution in [0.1, 0.15) is 61.8 Å². The van der Waals surface area contributed by atoms with Crippen LogP contribution in [0.4, 0.5) is 0 Å². The Hall–Kier alpha value is -1.57. The molecule has 0 spiro atoms. The van der Waals surface area contributed by atoms with Gasteiger partial charge in [0.05, 0.1) is 5.69 Å². The zero-order valence-corrected chi connectivity index (χ0v) is 20.5. The first kappa shape index (κ1) is 24.5. The van der Waals surface area contributed by atoms with Gasteiger partial charge in [-0.2, -0.15) is 0 Å². The Morgan fingerprint density at radius 3 is 2.32 bits per heavy atom. The summed E-state index contributed by atoms with van der Waals surface area (Å²) in [5, 5.41) is 10.9. The maximum Gasteiger partial charge on any atom is 0.191 e. The quantitative estimate of drug-likeness (QED) is 0.330. The summed E-state index contributed by atoms with van der Waals surface area (Å²) in [6, 6.07) is 8.90. The van der Waals surface area contributed by atoms with E-state index in [4.69, 9.17) is 4.52 Å². The average molecular weight is 498 g/mol. The van der Waals surface area contributed by atoms with Crippen LogP contribution in [0.15, 0.2) is 33.8 Å². The van der Waals surface area contributed by atoms with Crippen LogP contribution in [0.25, 0.3) is 0 Å². The molecule has 2 rings (SSSR count). The molecule has 1 atom stereocenters. The molecular weight excluding hydrogens is 463 g/mol. The van der Waals surface area contributed by atoms with Gasteiger partial charge in [0.15, 0.2) is 5.96 Å². The molecule has 0 saturated heterocycles. The number of benzene rings is 1. The Balaban J connectivity index is 0.00000392. The normalized spacial score (nSPS) is 13.0. The van der Waals surface area contributed by atoms with Gasteiger partial charge in [-0.1, -0.05) is 57.1 Å². The molecule has 0 fully saturated rings. The molecule has 6 heteroatoms. The molecule has 5 nitrogen and oxygen atoms in total. The molecule has 28 heavy (non-hydrogen) atoms. The minimum atomic E-state index is 0. The zero-order chi connectivity index (χ0) is 20.0. The van der Waals surface area contributed by atoms with Crippen molar-refractivity contribution >= 4 is 29.9 Å². The molecule has 156 valence electrons. The summed E-state index contributed by atoms with van der Waals surface area (Å²) in [7, 11) is 1.80. The molecule has 0 saturated carbocycles. The van der Waals surface area contributed by atoms with E-state index in [1.807, 2.05) is 13.8 Å². The lowest BCUT2D eigenvalue weighted by Gasteiger charge is -2.27. The van der Waals surface area contributed by atoms with Crippen LogP contribution in [-0.2, 0) is 11.8 Å². The van der Waals surface area contributed by atoms with Gasteiger partial charge in [-0.05, 0) is 31.4 Å². The van der Waals surface area contributed by atoms with E-state index in [9.17, 15) is 0 Å². The molecule has 2 N–H and O–H groups in total. The highest BCUT2D eigenvalue weighted by atomic mass is 127. The molecule has 0 aliphatic carbocycles. The van der Waals surface area contributed by atoms with E-state index in [0.717, 1.165) is 36.9 Å². The van der Waals surface area contributed by atoms with Crippen molar-refractivity contribution in [2.75, 3.05) is 20.1 Å². The summed E-state index contributed by atoms with van der Waals surface area (Å²) < 4.78 is 5.28. The molecule has 1 unspecified atom stereocenters. The van der Waals surface area contributed by atoms with Gasteiger partial charge in [0.1, 0.15) is 5.76 Å². The van der Waals surface area contributed by atoms with Crippen LogP contribution in [0.5, 0.6) is 0 Å². The predicted molar refractivity (Wildman–Crippen MR) is 128 cm³/mol. The highest BCUT2D eigenvalue weighted by Crippen LogP contribution is 2.23. The average Bonchev–Trinajstić information content (AvgIpc) is 3.00. The summed E-state index contributed by atoms with van der Waals surface area (Å²) in [5.41, 5.74) is 4.84. The highest BCUT2D eigenvalue weighted by molar-refractivity contribution is 14.0. The molecule has 2 aromatic rings. The summed E-state index contributed by atoms with van der Waals surface area (Å²) in [4.78, 5) is 4.37. The van der Waals surface area contributed by atoms with Gasteiger partial charge in [0.2, 0.25) is 0 Å². The second kappa shape index (κ2) is 10.8. The van der Waals surface area contributed by atoms with Crippen LogP contribution >= 0.6 is 24.0 Å². The van der Waals surface area contributed by atoms with Gasteiger partial charge < -0.3 is 15.2 Å². The van der Waals surface area contributed by atoms with Crippen molar-refractivity contribution in [2.45, 2.75) is 59.3 Å². The van der Waals surface area contributed by atoms with E-state index in [1.54, 1.807) is 7.05 Å². The second-order valence-electron chi connectivity index (χ2n) is 7.88. The van der Waals surface area contributed by atoms with Gasteiger partial charge in [-0.3, -0.25) is 4.99 Å². The monoisotopic (exact) mass is 498 g/mol. The van der Waals surface area contributed by atoms with Crippen LogP contribution in [-0.4, -0.2) is 31.3 Å². The van der Waals surface area contributed by atoms with Gasteiger partial charge >= 0.3 is 0 Å². The number of aryl methyl sites for hydroxylation is 3. The lowest BCUT2D eigenvalue weighted by atomic mass is 9.84. The van der Waals surface area contributed by atoms with E-state index in [-0.39, 0.29) is 29.4 Å². The van der Waals surface area contributed by atoms with Crippen molar-refractivity contribution in [1.82, 2.24) is 15.8 Å². The second-order valence-corrected chi connectivity index (χ2v) is 7.88. The predicted octanol–water partition coefficient (Wildman–Crippen LogP) is 4.72. The Morgan fingerprint density at radius 1 is 1.18 bits per heavy atom. The van der Waals surface area contributed by atoms with Crippen molar-refractivity contribution in [3.63, 3.8) is 0 Å². The Kier molecular flexibility index (Phi) is 9.47. The number of nitrogens with one attached hydrogen (secondary N) is 2. The minimum Gasteiger partial charge on any atom is -0.361 e. The van der Waals surface area contributed by atoms with Crippen molar-refractivity contribution in [1.29, 1.82) is 0 Å². The van der Waals surface area contributed by atoms with Gasteiger partial charge in [-0.15, -0.1) is 24.0 Å². The Bertz CT molecular complexity index is 746. The van der Waals surface area contributed by atoms with Crippen molar-refractivity contribution in [3.05, 3.63) is 52.4 Å². The third-order valence-corrected chi connectivity index (χ3v) is 5.22. The first-order valence-electron chi connectivity index (χ1n) is 9.75. The summed E-state index contributed by atoms with van der Waals surface area (Å²) in [6.07, 6.45) is 1.07. The molecule has 0 aliphatic rings. The third kappa shape index (κ3) is 6.22. The van der Waals surface area contributed by atoms with E-state index >= 15 is 0 Å². The molecule has 0 radical (unpaired) electrons. The summed E-state index contributed by atoms with van der Waals surface area (Å²) in [5.74, 6) is 2.00. The zero-order valence-electron chi connectivity index (χ0n) is 18.2. The molecule has 1 heterocycles. The maximum atomic E-state index is 5.28. The maximum absolute atomic E-state index is 5.28. The van der Waals surface area contributed by atoms with E-state index in [0.29, 0.717) is 5.92 Å². The fraction of sp³-hybridized carbons (Fsp3) is 0.545. The lowest BCUT2D eigenvalue weighted by Crippen LogP contribution is -2.44. The number of rotatable bonds is 7. The first-order valence-corrected chi connectivity index (χ1v) is 9.75. The number of halogens is 1. The molecule has 1 aromatic heterocycles. The largest absolute Gasteiger partial charge is 0.361 e. The highest BCUT2D eigenvalue weighted by Gasteiger charge is 2.21. The van der Waals surface area contributed by atoms with E-state index < -0.39 is 0 Å². The number of nitrogens with zero attached hydrogens (tertiary/aromatic N) is 2. The number of hydrogen-bond donors (Lipinski definition) is 2. The van der Waals surface area contributed by atoms with Gasteiger partial charge in [-0.25, -0.2) is 0 Å². The van der Waals surface area contributed by atoms with E-state index in [1.165, 1.54) is 16.7 Å². The van der Waals surface area contributed by atoms with Crippen LogP contribution in [0.2, 0.25) is 0 Å². The van der Waals surface area contributed by atoms with Gasteiger partial charge in [0, 0.05) is 37.0 Å². The SMILES string of the molecule is CCc1ccc(C(C)(C)CNC(=NC)NCC(C)c2c(C)noc2C)cc1.I. The number of aliphatic imine (C=N–C) groups is 1. The van der Waals surface area contributed by atoms with Crippen LogP contribution in [0.3, 0.4) is 0 Å². The van der Waals surface area contributed by atoms with Gasteiger partial charge in [0.25, 0.3) is 0 Å². The fourth-order valence-electron chi connectivity index (χ4n) is 3.36. The van der Waals surface area contributed by atoms with Crippen molar-refractivity contribution in [3.8, 4) is 0 Å². The van der Waals surface area contributed by atoms with Crippen molar-refractivity contribution < 1.29 is 4.52 Å². The minimum absolute atomic E-state index is 0. The molecule has 0 aliphatic heterocycles. The van der Waals surface area contributed by atoms with Crippen molar-refractivity contribution in [2.24, 2.45) is 4.99 Å². The smallest absolute Gasteiger partial charge is 0.191 e. The third-order valence-electron chi connectivity index (χ3n) is 5.22. The topological polar surface area (TPSA) is 62.5 Å². The Morgan fingerprint density at radius 2 is 1.82 bits per heavy atom. The molecular formula is C22H35IN4O. The molecule has 1 aromatic carbocycles. The summed E-state index contributed by atoms with van der Waals surface area (Å²) >= 11 is 0. The molecule has 0 bridgehead atoms. The standard InChI is InChI=1S/C22H34N4O.HI/c1-8-18-9-11-19(12-10-18)22(5,6)14-25-21(23-7)24-13-15(2)20-16(3)26-27-17(20)4;/h9-12,15H,8,13-14H2,1-7H3,(H2,23,24,25);1H. The lowest BCUT2D eigenvalue weighted by molar-refractivity contribution is 0.391. The van der Waals surface area contributed by atoms with Crippen LogP contribution in [0, 0.1) is 13.8 Å². The first-order chi connectivity index (χ1) is 12.8. The number of aromatic nitrogens is 1. The summed E-state index contributed by atoms with van der Waals surface area (Å²) in [6.45, 7) is 14.4. The molecule has 0 amide bonds. The van der Waals surface area contributed by atoms with Crippen LogP contribution < -0.4 is 10.6 Å². The number of guanidine groups is 1. The van der Waals surface area contributed by atoms with E-state index in [2.05, 4.69) is 72.7 Å². The number of hydrogen-bond acceptors (Lipinski definition) is 3.